The van der Waals surface area contributed by atoms with Gasteiger partial charge in [-0.1, -0.05) is 30.3 Å². The Labute approximate surface area is 134 Å². The van der Waals surface area contributed by atoms with Gasteiger partial charge in [0.1, 0.15) is 5.69 Å². The van der Waals surface area contributed by atoms with Crippen molar-refractivity contribution in [2.45, 2.75) is 25.8 Å². The Morgan fingerprint density at radius 3 is 2.43 bits per heavy atom. The highest BCUT2D eigenvalue weighted by molar-refractivity contribution is 5.92. The third-order valence-electron chi connectivity index (χ3n) is 3.84. The maximum Gasteiger partial charge on any atom is 0.331 e. The first-order chi connectivity index (χ1) is 10.9. The van der Waals surface area contributed by atoms with E-state index in [1.807, 2.05) is 37.3 Å². The van der Waals surface area contributed by atoms with Crippen LogP contribution in [0.5, 0.6) is 0 Å². The normalized spacial score (nSPS) is 12.0. The van der Waals surface area contributed by atoms with Crippen molar-refractivity contribution in [1.82, 2.24) is 14.5 Å². The summed E-state index contributed by atoms with van der Waals surface area (Å²) in [5.74, 6) is -0.414. The summed E-state index contributed by atoms with van der Waals surface area (Å²) in [7, 11) is 2.86. The van der Waals surface area contributed by atoms with Gasteiger partial charge in [-0.3, -0.25) is 18.7 Å². The second kappa shape index (κ2) is 7.09. The monoisotopic (exact) mass is 315 g/mol. The lowest BCUT2D eigenvalue weighted by molar-refractivity contribution is 0.0928. The van der Waals surface area contributed by atoms with Crippen LogP contribution in [-0.4, -0.2) is 21.1 Å². The second-order valence-corrected chi connectivity index (χ2v) is 5.67. The minimum Gasteiger partial charge on any atom is -0.348 e. The average Bonchev–Trinajstić information content (AvgIpc) is 2.55. The van der Waals surface area contributed by atoms with E-state index >= 15 is 0 Å². The van der Waals surface area contributed by atoms with Crippen molar-refractivity contribution in [3.63, 3.8) is 0 Å². The van der Waals surface area contributed by atoms with Gasteiger partial charge in [-0.05, 0) is 25.3 Å². The fraction of sp³-hybridized carbons (Fsp3) is 0.353. The average molecular weight is 315 g/mol. The van der Waals surface area contributed by atoms with Crippen molar-refractivity contribution in [3.05, 3.63) is 68.5 Å². The van der Waals surface area contributed by atoms with Crippen LogP contribution in [0.3, 0.4) is 0 Å². The number of nitrogens with zero attached hydrogens (tertiary/aromatic N) is 2. The SMILES string of the molecule is C[C@@H](CCc1ccccc1)NC(=O)c1cc(=O)n(C)c(=O)n1C. The van der Waals surface area contributed by atoms with Crippen molar-refractivity contribution in [3.8, 4) is 0 Å². The van der Waals surface area contributed by atoms with E-state index in [0.717, 1.165) is 17.4 Å². The van der Waals surface area contributed by atoms with Crippen LogP contribution in [0, 0.1) is 0 Å². The van der Waals surface area contributed by atoms with Crippen molar-refractivity contribution in [1.29, 1.82) is 0 Å². The third-order valence-corrected chi connectivity index (χ3v) is 3.84. The molecule has 6 heteroatoms. The summed E-state index contributed by atoms with van der Waals surface area (Å²) in [6, 6.07) is 11.1. The number of rotatable bonds is 5. The molecule has 1 aromatic heterocycles. The molecule has 0 saturated heterocycles. The van der Waals surface area contributed by atoms with Crippen LogP contribution in [0.1, 0.15) is 29.4 Å². The van der Waals surface area contributed by atoms with Crippen LogP contribution in [0.4, 0.5) is 0 Å². The molecule has 1 heterocycles. The number of benzene rings is 1. The van der Waals surface area contributed by atoms with Gasteiger partial charge in [0.05, 0.1) is 0 Å². The largest absolute Gasteiger partial charge is 0.348 e. The Balaban J connectivity index is 2.04. The molecule has 23 heavy (non-hydrogen) atoms. The van der Waals surface area contributed by atoms with Gasteiger partial charge in [0.15, 0.2) is 0 Å². The van der Waals surface area contributed by atoms with E-state index in [1.165, 1.54) is 30.3 Å². The summed E-state index contributed by atoms with van der Waals surface area (Å²) in [4.78, 5) is 35.8. The molecule has 0 spiro atoms. The number of carbonyl (C=O) groups is 1. The number of amides is 1. The molecule has 1 amide bonds. The van der Waals surface area contributed by atoms with E-state index in [1.54, 1.807) is 0 Å². The quantitative estimate of drug-likeness (QED) is 0.888. The Hall–Kier alpha value is -2.63. The van der Waals surface area contributed by atoms with Crippen LogP contribution in [0.25, 0.3) is 0 Å². The zero-order chi connectivity index (χ0) is 17.0. The highest BCUT2D eigenvalue weighted by atomic mass is 16.2. The predicted octanol–water partition coefficient (Wildman–Crippen LogP) is 0.835. The summed E-state index contributed by atoms with van der Waals surface area (Å²) >= 11 is 0. The zero-order valence-corrected chi connectivity index (χ0v) is 13.6. The fourth-order valence-electron chi connectivity index (χ4n) is 2.35. The molecule has 0 unspecified atom stereocenters. The molecule has 0 aliphatic heterocycles. The molecule has 2 rings (SSSR count). The lowest BCUT2D eigenvalue weighted by Gasteiger charge is -2.15. The minimum absolute atomic E-state index is 0.0677. The van der Waals surface area contributed by atoms with Crippen LogP contribution in [0.2, 0.25) is 0 Å². The summed E-state index contributed by atoms with van der Waals surface area (Å²) in [6.45, 7) is 1.90. The summed E-state index contributed by atoms with van der Waals surface area (Å²) in [6.07, 6.45) is 1.62. The first-order valence-electron chi connectivity index (χ1n) is 7.52. The molecule has 0 fully saturated rings. The van der Waals surface area contributed by atoms with Gasteiger partial charge in [-0.25, -0.2) is 4.79 Å². The molecule has 1 aromatic carbocycles. The summed E-state index contributed by atoms with van der Waals surface area (Å²) in [5.41, 5.74) is 0.272. The molecular weight excluding hydrogens is 294 g/mol. The number of aromatic nitrogens is 2. The molecule has 0 radical (unpaired) electrons. The summed E-state index contributed by atoms with van der Waals surface area (Å²) in [5, 5.41) is 2.83. The van der Waals surface area contributed by atoms with Gasteiger partial charge in [0.2, 0.25) is 0 Å². The van der Waals surface area contributed by atoms with Crippen LogP contribution >= 0.6 is 0 Å². The standard InChI is InChI=1S/C17H21N3O3/c1-12(9-10-13-7-5-4-6-8-13)18-16(22)14-11-15(21)20(3)17(23)19(14)2/h4-8,11-12H,9-10H2,1-3H3,(H,18,22)/t12-/m0/s1. The minimum atomic E-state index is -0.514. The van der Waals surface area contributed by atoms with Crippen LogP contribution in [0.15, 0.2) is 46.0 Å². The van der Waals surface area contributed by atoms with E-state index in [4.69, 9.17) is 0 Å². The van der Waals surface area contributed by atoms with Crippen LogP contribution in [-0.2, 0) is 20.5 Å². The molecule has 0 saturated carbocycles. The highest BCUT2D eigenvalue weighted by Crippen LogP contribution is 2.05. The van der Waals surface area contributed by atoms with Gasteiger partial charge in [0.25, 0.3) is 11.5 Å². The van der Waals surface area contributed by atoms with Crippen molar-refractivity contribution < 1.29 is 4.79 Å². The Morgan fingerprint density at radius 1 is 1.13 bits per heavy atom. The fourth-order valence-corrected chi connectivity index (χ4v) is 2.35. The first-order valence-corrected chi connectivity index (χ1v) is 7.52. The van der Waals surface area contributed by atoms with Crippen molar-refractivity contribution in [2.75, 3.05) is 0 Å². The number of hydrogen-bond acceptors (Lipinski definition) is 3. The molecule has 1 atom stereocenters. The lowest BCUT2D eigenvalue weighted by atomic mass is 10.1. The Bertz CT molecular complexity index is 806. The third kappa shape index (κ3) is 3.97. The summed E-state index contributed by atoms with van der Waals surface area (Å²) < 4.78 is 2.15. The number of carbonyl (C=O) groups excluding carboxylic acids is 1. The molecule has 1 N–H and O–H groups in total. The smallest absolute Gasteiger partial charge is 0.331 e. The van der Waals surface area contributed by atoms with E-state index in [-0.39, 0.29) is 11.7 Å². The van der Waals surface area contributed by atoms with E-state index in [9.17, 15) is 14.4 Å². The number of aryl methyl sites for hydroxylation is 1. The number of nitrogens with one attached hydrogen (secondary N) is 1. The van der Waals surface area contributed by atoms with Gasteiger partial charge in [-0.15, -0.1) is 0 Å². The highest BCUT2D eigenvalue weighted by Gasteiger charge is 2.15. The molecule has 2 aromatic rings. The van der Waals surface area contributed by atoms with E-state index in [2.05, 4.69) is 5.32 Å². The molecule has 6 nitrogen and oxygen atoms in total. The molecule has 0 aliphatic rings. The van der Waals surface area contributed by atoms with Crippen molar-refractivity contribution in [2.24, 2.45) is 14.1 Å². The topological polar surface area (TPSA) is 73.1 Å². The second-order valence-electron chi connectivity index (χ2n) is 5.67. The van der Waals surface area contributed by atoms with E-state index in [0.29, 0.717) is 0 Å². The first kappa shape index (κ1) is 16.7. The molecular formula is C17H21N3O3. The van der Waals surface area contributed by atoms with Gasteiger partial charge >= 0.3 is 5.69 Å². The zero-order valence-electron chi connectivity index (χ0n) is 13.6. The Morgan fingerprint density at radius 2 is 1.78 bits per heavy atom. The maximum absolute atomic E-state index is 12.3. The molecule has 0 bridgehead atoms. The lowest BCUT2D eigenvalue weighted by Crippen LogP contribution is -2.42. The number of hydrogen-bond donors (Lipinski definition) is 1. The Kier molecular flexibility index (Phi) is 5.16. The van der Waals surface area contributed by atoms with Gasteiger partial charge in [-0.2, -0.15) is 0 Å². The van der Waals surface area contributed by atoms with Crippen LogP contribution < -0.4 is 16.6 Å². The molecule has 0 aliphatic carbocycles. The molecule has 122 valence electrons. The van der Waals surface area contributed by atoms with Gasteiger partial charge < -0.3 is 5.32 Å². The predicted molar refractivity (Wildman–Crippen MR) is 88.6 cm³/mol. The maximum atomic E-state index is 12.3. The van der Waals surface area contributed by atoms with E-state index < -0.39 is 17.2 Å². The van der Waals surface area contributed by atoms with Gasteiger partial charge in [0, 0.05) is 26.2 Å². The van der Waals surface area contributed by atoms with Crippen molar-refractivity contribution >= 4 is 5.91 Å².